The van der Waals surface area contributed by atoms with E-state index in [1.807, 2.05) is 0 Å². The molecule has 2 aromatic carbocycles. The second-order valence-corrected chi connectivity index (χ2v) is 12.9. The van der Waals surface area contributed by atoms with Crippen LogP contribution >= 0.6 is 46.8 Å². The number of hydrogen-bond donors (Lipinski definition) is 3. The first-order valence-corrected chi connectivity index (χ1v) is 16.0. The van der Waals surface area contributed by atoms with Crippen molar-refractivity contribution in [1.29, 1.82) is 0 Å². The maximum Gasteiger partial charge on any atom is 0.166 e. The molecule has 8 nitrogen and oxygen atoms in total. The number of pyridine rings is 1. The summed E-state index contributed by atoms with van der Waals surface area (Å²) in [7, 11) is 0. The van der Waals surface area contributed by atoms with Crippen LogP contribution in [0.15, 0.2) is 53.7 Å². The van der Waals surface area contributed by atoms with Crippen LogP contribution in [0.5, 0.6) is 5.75 Å². The van der Waals surface area contributed by atoms with Crippen molar-refractivity contribution in [3.63, 3.8) is 0 Å². The van der Waals surface area contributed by atoms with E-state index in [0.29, 0.717) is 69.5 Å². The van der Waals surface area contributed by atoms with Gasteiger partial charge in [-0.1, -0.05) is 52.6 Å². The lowest BCUT2D eigenvalue weighted by Gasteiger charge is -2.47. The molecule has 1 saturated heterocycles. The van der Waals surface area contributed by atoms with E-state index in [1.54, 1.807) is 23.1 Å². The van der Waals surface area contributed by atoms with Crippen LogP contribution in [0.25, 0.3) is 17.0 Å². The van der Waals surface area contributed by atoms with Gasteiger partial charge in [0.15, 0.2) is 11.6 Å². The van der Waals surface area contributed by atoms with Gasteiger partial charge >= 0.3 is 0 Å². The van der Waals surface area contributed by atoms with Crippen LogP contribution in [-0.4, -0.2) is 45.2 Å². The summed E-state index contributed by atoms with van der Waals surface area (Å²) in [6, 6.07) is 8.62. The molecular weight excluding hydrogens is 669 g/mol. The Morgan fingerprint density at radius 3 is 2.51 bits per heavy atom. The molecule has 2 fully saturated rings. The van der Waals surface area contributed by atoms with Crippen molar-refractivity contribution in [3.8, 4) is 17.0 Å². The molecule has 0 unspecified atom stereocenters. The fourth-order valence-corrected chi connectivity index (χ4v) is 6.47. The van der Waals surface area contributed by atoms with Gasteiger partial charge in [-0.15, -0.1) is 0 Å². The zero-order valence-corrected chi connectivity index (χ0v) is 26.7. The van der Waals surface area contributed by atoms with Crippen LogP contribution in [-0.2, 0) is 12.2 Å². The summed E-state index contributed by atoms with van der Waals surface area (Å²) in [4.78, 5) is 5.87. The molecule has 0 amide bonds. The second kappa shape index (κ2) is 13.0. The van der Waals surface area contributed by atoms with Crippen LogP contribution in [0, 0.1) is 11.6 Å². The van der Waals surface area contributed by atoms with Crippen LogP contribution < -0.4 is 15.0 Å². The number of rotatable bonds is 12. The van der Waals surface area contributed by atoms with E-state index < -0.39 is 17.2 Å². The summed E-state index contributed by atoms with van der Waals surface area (Å²) in [6.07, 6.45) is 3.40. The van der Waals surface area contributed by atoms with Crippen molar-refractivity contribution in [2.75, 3.05) is 30.3 Å². The Hall–Kier alpha value is -3.06. The predicted octanol–water partition coefficient (Wildman–Crippen LogP) is 7.91. The van der Waals surface area contributed by atoms with Gasteiger partial charge in [0.05, 0.1) is 33.7 Å². The van der Waals surface area contributed by atoms with E-state index >= 15 is 0 Å². The molecule has 2 aromatic heterocycles. The number of β-amino-alcohol motifs (C(OH)–C–C–N with tert-alkyl or cyclic N) is 1. The van der Waals surface area contributed by atoms with E-state index in [1.165, 1.54) is 24.4 Å². The fraction of sp³-hybridized carbons (Fsp3) is 0.290. The van der Waals surface area contributed by atoms with Crippen LogP contribution in [0.1, 0.15) is 41.2 Å². The van der Waals surface area contributed by atoms with E-state index in [4.69, 9.17) is 48.6 Å². The third-order valence-electron chi connectivity index (χ3n) is 7.74. The second-order valence-electron chi connectivity index (χ2n) is 11.0. The molecular formula is C31H27Cl3F2N4O4S. The summed E-state index contributed by atoms with van der Waals surface area (Å²) in [6.45, 7) is 4.57. The summed E-state index contributed by atoms with van der Waals surface area (Å²) < 4.78 is 49.4. The molecule has 3 N–H and O–H groups in total. The molecule has 0 atom stereocenters. The largest absolute Gasteiger partial charge is 0.489 e. The van der Waals surface area contributed by atoms with Crippen molar-refractivity contribution in [2.24, 2.45) is 0 Å². The number of benzene rings is 2. The molecule has 45 heavy (non-hydrogen) atoms. The monoisotopic (exact) mass is 694 g/mol. The normalized spacial score (nSPS) is 15.6. The molecule has 2 aliphatic rings. The number of aliphatic hydroxyl groups is 1. The molecule has 0 radical (unpaired) electrons. The maximum absolute atomic E-state index is 15.0. The first kappa shape index (κ1) is 31.9. The van der Waals surface area contributed by atoms with Gasteiger partial charge < -0.3 is 29.1 Å². The van der Waals surface area contributed by atoms with E-state index in [-0.39, 0.29) is 46.5 Å². The Balaban J connectivity index is 1.14. The molecule has 1 saturated carbocycles. The number of halogens is 5. The Kier molecular flexibility index (Phi) is 9.20. The van der Waals surface area contributed by atoms with Gasteiger partial charge in [-0.3, -0.25) is 0 Å². The first-order chi connectivity index (χ1) is 21.6. The number of hydrogen-bond acceptors (Lipinski definition) is 9. The molecule has 236 valence electrons. The quantitative estimate of drug-likeness (QED) is 0.101. The molecule has 4 aromatic rings. The molecule has 3 heterocycles. The third-order valence-corrected chi connectivity index (χ3v) is 9.04. The molecule has 1 aliphatic carbocycles. The van der Waals surface area contributed by atoms with Gasteiger partial charge in [-0.2, -0.15) is 0 Å². The lowest BCUT2D eigenvalue weighted by atomic mass is 9.86. The average molecular weight is 696 g/mol. The minimum absolute atomic E-state index is 0.0612. The van der Waals surface area contributed by atoms with Gasteiger partial charge in [0.2, 0.25) is 0 Å². The van der Waals surface area contributed by atoms with Crippen LogP contribution in [0.4, 0.5) is 14.6 Å². The number of nitrogens with one attached hydrogen (secondary N) is 1. The van der Waals surface area contributed by atoms with Gasteiger partial charge in [0.25, 0.3) is 0 Å². The van der Waals surface area contributed by atoms with Crippen LogP contribution in [0.2, 0.25) is 15.1 Å². The topological polar surface area (TPSA) is 104 Å². The fourth-order valence-electron chi connectivity index (χ4n) is 5.29. The number of ether oxygens (including phenoxy) is 1. The van der Waals surface area contributed by atoms with Gasteiger partial charge in [-0.05, 0) is 55.2 Å². The van der Waals surface area contributed by atoms with E-state index in [0.717, 1.165) is 12.8 Å². The van der Waals surface area contributed by atoms with Gasteiger partial charge in [0, 0.05) is 46.8 Å². The molecule has 6 rings (SSSR count). The average Bonchev–Trinajstić information content (AvgIpc) is 3.74. The van der Waals surface area contributed by atoms with Crippen molar-refractivity contribution >= 4 is 58.4 Å². The maximum atomic E-state index is 15.0. The van der Waals surface area contributed by atoms with Crippen molar-refractivity contribution in [1.82, 2.24) is 15.5 Å². The Labute approximate surface area is 277 Å². The number of anilines is 1. The molecule has 14 heteroatoms. The Morgan fingerprint density at radius 1 is 1.13 bits per heavy atom. The number of nitrogens with zero attached hydrogens (tertiary/aromatic N) is 3. The lowest BCUT2D eigenvalue weighted by Crippen LogP contribution is -2.60. The summed E-state index contributed by atoms with van der Waals surface area (Å²) >= 11 is 20.0. The highest BCUT2D eigenvalue weighted by molar-refractivity contribution is 7.93. The summed E-state index contributed by atoms with van der Waals surface area (Å²) in [5, 5.41) is 19.0. The zero-order chi connectivity index (χ0) is 31.9. The molecule has 1 aliphatic heterocycles. The summed E-state index contributed by atoms with van der Waals surface area (Å²) in [5.74, 6) is 0.758. The Bertz CT molecular complexity index is 1740. The van der Waals surface area contributed by atoms with E-state index in [2.05, 4.69) is 22.0 Å². The summed E-state index contributed by atoms with van der Waals surface area (Å²) in [5.41, 5.74) is 1.52. The first-order valence-electron chi connectivity index (χ1n) is 14.0. The highest BCUT2D eigenvalue weighted by atomic mass is 35.5. The minimum Gasteiger partial charge on any atom is -0.489 e. The number of aromatic nitrogens is 2. The highest BCUT2D eigenvalue weighted by Gasteiger charge is 2.45. The highest BCUT2D eigenvalue weighted by Crippen LogP contribution is 2.46. The van der Waals surface area contributed by atoms with Crippen molar-refractivity contribution < 1.29 is 27.7 Å². The molecule has 0 spiro atoms. The van der Waals surface area contributed by atoms with Crippen LogP contribution in [0.3, 0.4) is 0 Å². The minimum atomic E-state index is -1.33. The Morgan fingerprint density at radius 2 is 1.87 bits per heavy atom. The molecule has 0 bridgehead atoms. The van der Waals surface area contributed by atoms with Crippen molar-refractivity contribution in [2.45, 2.75) is 31.0 Å². The van der Waals surface area contributed by atoms with Gasteiger partial charge in [0.1, 0.15) is 35.2 Å². The predicted molar refractivity (Wildman–Crippen MR) is 172 cm³/mol. The standard InChI is InChI=1S/C31H27Cl3F2N4O4S/c1-16(37-6-7-45-42)18-8-26(36)30(38-12-18)40-14-31(41,15-40)22-5-4-20(11-23(22)32)43-13-21-28(39-44-29(21)17-2-3-17)27-24(33)9-19(35)10-25(27)34/h4-5,8-12,17,37,41-42H,1-3,6-7,13-15H2. The zero-order valence-electron chi connectivity index (χ0n) is 23.6. The smallest absolute Gasteiger partial charge is 0.166 e. The van der Waals surface area contributed by atoms with Crippen molar-refractivity contribution in [3.05, 3.63) is 98.3 Å². The van der Waals surface area contributed by atoms with E-state index in [9.17, 15) is 13.9 Å². The third kappa shape index (κ3) is 6.61. The van der Waals surface area contributed by atoms with Gasteiger partial charge in [-0.25, -0.2) is 13.8 Å². The lowest BCUT2D eigenvalue weighted by molar-refractivity contribution is 0.00672. The SMILES string of the molecule is C=C(NCCSO)c1cnc(N2CC(O)(c3ccc(OCc4c(-c5c(Cl)cc(F)cc5Cl)noc4C4CC4)cc3Cl)C2)c(F)c1.